The molecular weight excluding hydrogens is 281 g/mol. The van der Waals surface area contributed by atoms with E-state index >= 15 is 0 Å². The maximum Gasteiger partial charge on any atom is 0.207 e. The van der Waals surface area contributed by atoms with E-state index < -0.39 is 40.9 Å². The Hall–Kier alpha value is -1.37. The normalized spacial score (nSPS) is 20.8. The number of benzene rings is 1. The van der Waals surface area contributed by atoms with Crippen LogP contribution in [0.15, 0.2) is 0 Å². The van der Waals surface area contributed by atoms with Crippen molar-refractivity contribution in [3.05, 3.63) is 29.1 Å². The molecule has 2 nitrogen and oxygen atoms in total. The zero-order chi connectivity index (χ0) is 14.9. The summed E-state index contributed by atoms with van der Waals surface area (Å²) >= 11 is 0. The Morgan fingerprint density at radius 3 is 2.05 bits per heavy atom. The summed E-state index contributed by atoms with van der Waals surface area (Å²) in [5.41, 5.74) is 0. The van der Waals surface area contributed by atoms with Crippen LogP contribution in [0.5, 0.6) is 5.75 Å². The monoisotopic (exact) mass is 295 g/mol. The Balaban J connectivity index is 2.24. The van der Waals surface area contributed by atoms with Crippen molar-refractivity contribution in [1.29, 1.82) is 0 Å². The van der Waals surface area contributed by atoms with Gasteiger partial charge < -0.3 is 10.1 Å². The number of ether oxygens (including phenoxy) is 1. The Morgan fingerprint density at radius 2 is 1.55 bits per heavy atom. The van der Waals surface area contributed by atoms with Gasteiger partial charge in [-0.25, -0.2) is 13.2 Å². The van der Waals surface area contributed by atoms with Gasteiger partial charge in [0.15, 0.2) is 5.75 Å². The molecule has 1 saturated heterocycles. The van der Waals surface area contributed by atoms with Crippen LogP contribution < -0.4 is 10.1 Å². The van der Waals surface area contributed by atoms with Crippen LogP contribution in [-0.2, 0) is 0 Å². The van der Waals surface area contributed by atoms with Gasteiger partial charge in [0.05, 0.1) is 0 Å². The van der Waals surface area contributed by atoms with Crippen molar-refractivity contribution in [3.8, 4) is 5.75 Å². The predicted molar refractivity (Wildman–Crippen MR) is 61.9 cm³/mol. The van der Waals surface area contributed by atoms with Gasteiger partial charge in [0.1, 0.15) is 6.10 Å². The second-order valence-corrected chi connectivity index (χ2v) is 4.83. The van der Waals surface area contributed by atoms with Gasteiger partial charge in [-0.15, -0.1) is 0 Å². The summed E-state index contributed by atoms with van der Waals surface area (Å²) in [6.45, 7) is 2.97. The highest BCUT2D eigenvalue weighted by atomic mass is 19.2. The molecule has 1 heterocycles. The van der Waals surface area contributed by atoms with Crippen LogP contribution in [0.1, 0.15) is 19.8 Å². The van der Waals surface area contributed by atoms with Crippen LogP contribution in [0, 0.1) is 35.0 Å². The maximum atomic E-state index is 13.5. The maximum absolute atomic E-state index is 13.5. The largest absolute Gasteiger partial charge is 0.484 e. The van der Waals surface area contributed by atoms with E-state index in [1.54, 1.807) is 6.92 Å². The third-order valence-corrected chi connectivity index (χ3v) is 3.47. The van der Waals surface area contributed by atoms with Gasteiger partial charge in [-0.3, -0.25) is 0 Å². The highest BCUT2D eigenvalue weighted by molar-refractivity contribution is 5.30. The smallest absolute Gasteiger partial charge is 0.207 e. The van der Waals surface area contributed by atoms with Crippen molar-refractivity contribution in [2.24, 2.45) is 5.92 Å². The topological polar surface area (TPSA) is 21.3 Å². The lowest BCUT2D eigenvalue weighted by atomic mass is 9.94. The van der Waals surface area contributed by atoms with Gasteiger partial charge in [-0.2, -0.15) is 8.78 Å². The molecular formula is C13H14F5NO. The van der Waals surface area contributed by atoms with Crippen molar-refractivity contribution in [1.82, 2.24) is 5.32 Å². The van der Waals surface area contributed by atoms with E-state index in [-0.39, 0.29) is 5.92 Å². The lowest BCUT2D eigenvalue weighted by molar-refractivity contribution is 0.117. The summed E-state index contributed by atoms with van der Waals surface area (Å²) in [6, 6.07) is 0. The highest BCUT2D eigenvalue weighted by Gasteiger charge is 2.30. The molecule has 112 valence electrons. The fourth-order valence-electron chi connectivity index (χ4n) is 2.25. The number of halogens is 5. The van der Waals surface area contributed by atoms with Crippen LogP contribution in [0.2, 0.25) is 0 Å². The van der Waals surface area contributed by atoms with Crippen LogP contribution in [0.3, 0.4) is 0 Å². The van der Waals surface area contributed by atoms with Crippen LogP contribution in [0.4, 0.5) is 22.0 Å². The van der Waals surface area contributed by atoms with Crippen molar-refractivity contribution < 1.29 is 26.7 Å². The zero-order valence-corrected chi connectivity index (χ0v) is 10.8. The fraction of sp³-hybridized carbons (Fsp3) is 0.538. The molecule has 0 aliphatic carbocycles. The quantitative estimate of drug-likeness (QED) is 0.525. The van der Waals surface area contributed by atoms with Crippen molar-refractivity contribution >= 4 is 0 Å². The van der Waals surface area contributed by atoms with Gasteiger partial charge in [-0.1, -0.05) is 0 Å². The standard InChI is InChI=1S/C13H14F5NO/c1-6(7-3-2-4-19-5-7)20-13-11(17)9(15)8(14)10(16)12(13)18/h6-7,19H,2-5H2,1H3. The Bertz CT molecular complexity index is 473. The van der Waals surface area contributed by atoms with E-state index in [2.05, 4.69) is 5.32 Å². The van der Waals surface area contributed by atoms with E-state index in [1.807, 2.05) is 0 Å². The van der Waals surface area contributed by atoms with Crippen LogP contribution in [-0.4, -0.2) is 19.2 Å². The number of nitrogens with one attached hydrogen (secondary N) is 1. The molecule has 0 aromatic heterocycles. The molecule has 2 atom stereocenters. The lowest BCUT2D eigenvalue weighted by Gasteiger charge is -2.29. The summed E-state index contributed by atoms with van der Waals surface area (Å²) in [5, 5.41) is 3.09. The summed E-state index contributed by atoms with van der Waals surface area (Å²) < 4.78 is 70.9. The summed E-state index contributed by atoms with van der Waals surface area (Å²) in [7, 11) is 0. The Kier molecular flexibility index (Phi) is 4.47. The molecule has 1 aromatic carbocycles. The summed E-state index contributed by atoms with van der Waals surface area (Å²) in [6.07, 6.45) is 0.982. The average Bonchev–Trinajstić information content (AvgIpc) is 2.48. The summed E-state index contributed by atoms with van der Waals surface area (Å²) in [5.74, 6) is -11.3. The molecule has 0 spiro atoms. The molecule has 1 N–H and O–H groups in total. The third-order valence-electron chi connectivity index (χ3n) is 3.47. The number of hydrogen-bond acceptors (Lipinski definition) is 2. The minimum Gasteiger partial charge on any atom is -0.484 e. The van der Waals surface area contributed by atoms with Gasteiger partial charge in [-0.05, 0) is 26.3 Å². The van der Waals surface area contributed by atoms with Crippen molar-refractivity contribution in [2.75, 3.05) is 13.1 Å². The molecule has 20 heavy (non-hydrogen) atoms. The van der Waals surface area contributed by atoms with Gasteiger partial charge in [0, 0.05) is 12.5 Å². The van der Waals surface area contributed by atoms with Gasteiger partial charge in [0.25, 0.3) is 0 Å². The van der Waals surface area contributed by atoms with Crippen LogP contribution in [0.25, 0.3) is 0 Å². The number of piperidine rings is 1. The summed E-state index contributed by atoms with van der Waals surface area (Å²) in [4.78, 5) is 0. The van der Waals surface area contributed by atoms with Crippen molar-refractivity contribution in [2.45, 2.75) is 25.9 Å². The predicted octanol–water partition coefficient (Wildman–Crippen LogP) is 3.15. The highest BCUT2D eigenvalue weighted by Crippen LogP contribution is 2.31. The number of rotatable bonds is 3. The fourth-order valence-corrected chi connectivity index (χ4v) is 2.25. The minimum absolute atomic E-state index is 0.0428. The minimum atomic E-state index is -2.18. The van der Waals surface area contributed by atoms with E-state index in [9.17, 15) is 22.0 Å². The Morgan fingerprint density at radius 1 is 1.00 bits per heavy atom. The molecule has 0 bridgehead atoms. The van der Waals surface area contributed by atoms with E-state index in [1.165, 1.54) is 0 Å². The van der Waals surface area contributed by atoms with E-state index in [0.717, 1.165) is 19.4 Å². The first-order valence-electron chi connectivity index (χ1n) is 6.32. The van der Waals surface area contributed by atoms with E-state index in [4.69, 9.17) is 4.74 Å². The van der Waals surface area contributed by atoms with E-state index in [0.29, 0.717) is 6.54 Å². The number of hydrogen-bond donors (Lipinski definition) is 1. The molecule has 7 heteroatoms. The van der Waals surface area contributed by atoms with Crippen molar-refractivity contribution in [3.63, 3.8) is 0 Å². The first-order chi connectivity index (χ1) is 9.43. The van der Waals surface area contributed by atoms with Gasteiger partial charge in [0.2, 0.25) is 29.1 Å². The Labute approximate surface area is 112 Å². The molecule has 1 aliphatic heterocycles. The lowest BCUT2D eigenvalue weighted by Crippen LogP contribution is -2.38. The molecule has 2 rings (SSSR count). The SMILES string of the molecule is CC(Oc1c(F)c(F)c(F)c(F)c1F)C1CCCNC1. The first-order valence-corrected chi connectivity index (χ1v) is 6.32. The molecule has 2 unspecified atom stereocenters. The molecule has 1 aromatic rings. The first kappa shape index (κ1) is 15.0. The second-order valence-electron chi connectivity index (χ2n) is 4.83. The molecule has 1 fully saturated rings. The average molecular weight is 295 g/mol. The van der Waals surface area contributed by atoms with Gasteiger partial charge >= 0.3 is 0 Å². The molecule has 0 amide bonds. The second kappa shape index (κ2) is 5.95. The molecule has 1 aliphatic rings. The molecule has 0 radical (unpaired) electrons. The van der Waals surface area contributed by atoms with Crippen LogP contribution >= 0.6 is 0 Å². The third kappa shape index (κ3) is 2.72. The zero-order valence-electron chi connectivity index (χ0n) is 10.8. The molecule has 0 saturated carbocycles.